The maximum atomic E-state index is 10.9. The van der Waals surface area contributed by atoms with E-state index in [0.717, 1.165) is 24.2 Å². The Balaban J connectivity index is 2.37. The first-order valence-electron chi connectivity index (χ1n) is 6.94. The van der Waals surface area contributed by atoms with E-state index >= 15 is 0 Å². The second-order valence-corrected chi connectivity index (χ2v) is 5.73. The summed E-state index contributed by atoms with van der Waals surface area (Å²) >= 11 is 0. The monoisotopic (exact) mass is 262 g/mol. The molecule has 1 aromatic rings. The Bertz CT molecular complexity index is 459. The Morgan fingerprint density at radius 3 is 2.58 bits per heavy atom. The minimum absolute atomic E-state index is 0.0765. The van der Waals surface area contributed by atoms with Crippen LogP contribution in [0, 0.1) is 0 Å². The number of rotatable bonds is 4. The lowest BCUT2D eigenvalue weighted by molar-refractivity contribution is -0.136. The second kappa shape index (κ2) is 5.64. The summed E-state index contributed by atoms with van der Waals surface area (Å²) in [7, 11) is 1.68. The van der Waals surface area contributed by atoms with Crippen molar-refractivity contribution < 1.29 is 14.6 Å². The van der Waals surface area contributed by atoms with E-state index in [4.69, 9.17) is 9.84 Å². The van der Waals surface area contributed by atoms with Gasteiger partial charge >= 0.3 is 5.97 Å². The number of ether oxygens (including phenoxy) is 1. The maximum Gasteiger partial charge on any atom is 0.307 e. The van der Waals surface area contributed by atoms with Crippen molar-refractivity contribution in [1.29, 1.82) is 0 Å². The fourth-order valence-electron chi connectivity index (χ4n) is 3.11. The Labute approximate surface area is 114 Å². The molecule has 1 saturated carbocycles. The van der Waals surface area contributed by atoms with Gasteiger partial charge in [-0.05, 0) is 29.9 Å². The zero-order valence-corrected chi connectivity index (χ0v) is 11.7. The lowest BCUT2D eigenvalue weighted by Crippen LogP contribution is -2.26. The van der Waals surface area contributed by atoms with Gasteiger partial charge in [-0.2, -0.15) is 0 Å². The lowest BCUT2D eigenvalue weighted by Gasteiger charge is -2.35. The van der Waals surface area contributed by atoms with Crippen LogP contribution in [0.4, 0.5) is 0 Å². The van der Waals surface area contributed by atoms with Crippen LogP contribution in [-0.2, 0) is 16.6 Å². The smallest absolute Gasteiger partial charge is 0.307 e. The molecule has 104 valence electrons. The van der Waals surface area contributed by atoms with Gasteiger partial charge in [0.1, 0.15) is 5.75 Å². The first kappa shape index (κ1) is 13.9. The summed E-state index contributed by atoms with van der Waals surface area (Å²) in [6, 6.07) is 5.79. The molecule has 1 aliphatic carbocycles. The molecule has 0 spiro atoms. The number of aliphatic carboxylic acids is 1. The summed E-state index contributed by atoms with van der Waals surface area (Å²) in [5.41, 5.74) is 2.15. The van der Waals surface area contributed by atoms with Crippen molar-refractivity contribution in [1.82, 2.24) is 0 Å². The minimum atomic E-state index is -0.787. The van der Waals surface area contributed by atoms with Crippen LogP contribution in [0.15, 0.2) is 18.2 Å². The highest BCUT2D eigenvalue weighted by Crippen LogP contribution is 2.43. The molecular formula is C16H22O3. The SMILES string of the molecule is COc1ccc(CC(=O)O)cc1C1(C)CCCCC1. The van der Waals surface area contributed by atoms with Gasteiger partial charge in [-0.3, -0.25) is 4.79 Å². The lowest BCUT2D eigenvalue weighted by atomic mass is 9.70. The van der Waals surface area contributed by atoms with Gasteiger partial charge < -0.3 is 9.84 Å². The van der Waals surface area contributed by atoms with Crippen molar-refractivity contribution in [2.24, 2.45) is 0 Å². The molecule has 0 radical (unpaired) electrons. The average Bonchev–Trinajstić information content (AvgIpc) is 2.39. The highest BCUT2D eigenvalue weighted by molar-refractivity contribution is 5.70. The molecule has 0 saturated heterocycles. The summed E-state index contributed by atoms with van der Waals surface area (Å²) in [6.45, 7) is 2.27. The van der Waals surface area contributed by atoms with Crippen molar-refractivity contribution in [3.8, 4) is 5.75 Å². The Hall–Kier alpha value is -1.51. The second-order valence-electron chi connectivity index (χ2n) is 5.73. The Kier molecular flexibility index (Phi) is 4.13. The summed E-state index contributed by atoms with van der Waals surface area (Å²) in [5.74, 6) is 0.100. The number of benzene rings is 1. The van der Waals surface area contributed by atoms with Crippen LogP contribution in [0.5, 0.6) is 5.75 Å². The predicted octanol–water partition coefficient (Wildman–Crippen LogP) is 3.54. The van der Waals surface area contributed by atoms with E-state index in [2.05, 4.69) is 6.92 Å². The summed E-state index contributed by atoms with van der Waals surface area (Å²) in [5, 5.41) is 8.93. The maximum absolute atomic E-state index is 10.9. The van der Waals surface area contributed by atoms with Crippen molar-refractivity contribution >= 4 is 5.97 Å². The topological polar surface area (TPSA) is 46.5 Å². The first-order chi connectivity index (χ1) is 9.05. The van der Waals surface area contributed by atoms with Crippen molar-refractivity contribution in [3.63, 3.8) is 0 Å². The van der Waals surface area contributed by atoms with Crippen molar-refractivity contribution in [2.75, 3.05) is 7.11 Å². The van der Waals surface area contributed by atoms with E-state index in [1.807, 2.05) is 18.2 Å². The van der Waals surface area contributed by atoms with Crippen LogP contribution in [0.2, 0.25) is 0 Å². The molecule has 1 aromatic carbocycles. The summed E-state index contributed by atoms with van der Waals surface area (Å²) < 4.78 is 5.48. The van der Waals surface area contributed by atoms with Gasteiger partial charge in [-0.25, -0.2) is 0 Å². The largest absolute Gasteiger partial charge is 0.496 e. The highest BCUT2D eigenvalue weighted by Gasteiger charge is 2.31. The van der Waals surface area contributed by atoms with E-state index in [0.29, 0.717) is 0 Å². The predicted molar refractivity (Wildman–Crippen MR) is 74.8 cm³/mol. The third-order valence-corrected chi connectivity index (χ3v) is 4.23. The van der Waals surface area contributed by atoms with E-state index in [9.17, 15) is 4.79 Å². The first-order valence-corrected chi connectivity index (χ1v) is 6.94. The summed E-state index contributed by atoms with van der Waals surface area (Å²) in [6.07, 6.45) is 6.16. The minimum Gasteiger partial charge on any atom is -0.496 e. The Morgan fingerprint density at radius 2 is 2.00 bits per heavy atom. The van der Waals surface area contributed by atoms with Gasteiger partial charge in [0.15, 0.2) is 0 Å². The molecule has 1 N–H and O–H groups in total. The number of methoxy groups -OCH3 is 1. The van der Waals surface area contributed by atoms with Gasteiger partial charge in [0.05, 0.1) is 13.5 Å². The molecule has 0 atom stereocenters. The van der Waals surface area contributed by atoms with E-state index in [-0.39, 0.29) is 11.8 Å². The fourth-order valence-corrected chi connectivity index (χ4v) is 3.11. The van der Waals surface area contributed by atoms with Gasteiger partial charge in [0, 0.05) is 5.56 Å². The van der Waals surface area contributed by atoms with Crippen LogP contribution >= 0.6 is 0 Å². The molecule has 0 heterocycles. The molecule has 19 heavy (non-hydrogen) atoms. The van der Waals surface area contributed by atoms with Crippen molar-refractivity contribution in [2.45, 2.75) is 50.9 Å². The highest BCUT2D eigenvalue weighted by atomic mass is 16.5. The van der Waals surface area contributed by atoms with E-state index in [1.54, 1.807) is 7.11 Å². The van der Waals surface area contributed by atoms with Crippen LogP contribution in [0.25, 0.3) is 0 Å². The van der Waals surface area contributed by atoms with E-state index < -0.39 is 5.97 Å². The molecule has 3 heteroatoms. The van der Waals surface area contributed by atoms with Crippen LogP contribution in [0.1, 0.15) is 50.2 Å². The molecule has 1 fully saturated rings. The van der Waals surface area contributed by atoms with Gasteiger partial charge in [-0.15, -0.1) is 0 Å². The number of carboxylic acids is 1. The third kappa shape index (κ3) is 3.09. The molecule has 0 unspecified atom stereocenters. The molecule has 0 bridgehead atoms. The average molecular weight is 262 g/mol. The normalized spacial score (nSPS) is 18.0. The molecule has 2 rings (SSSR count). The van der Waals surface area contributed by atoms with E-state index in [1.165, 1.54) is 24.8 Å². The molecule has 0 amide bonds. The third-order valence-electron chi connectivity index (χ3n) is 4.23. The fraction of sp³-hybridized carbons (Fsp3) is 0.562. The number of carbonyl (C=O) groups is 1. The van der Waals surface area contributed by atoms with Gasteiger partial charge in [-0.1, -0.05) is 38.3 Å². The zero-order valence-electron chi connectivity index (χ0n) is 11.7. The zero-order chi connectivity index (χ0) is 13.9. The number of hydrogen-bond donors (Lipinski definition) is 1. The van der Waals surface area contributed by atoms with Crippen LogP contribution in [-0.4, -0.2) is 18.2 Å². The molecule has 3 nitrogen and oxygen atoms in total. The Morgan fingerprint density at radius 1 is 1.32 bits per heavy atom. The molecule has 1 aliphatic rings. The van der Waals surface area contributed by atoms with Gasteiger partial charge in [0.2, 0.25) is 0 Å². The van der Waals surface area contributed by atoms with Crippen molar-refractivity contribution in [3.05, 3.63) is 29.3 Å². The quantitative estimate of drug-likeness (QED) is 0.902. The molecule has 0 aliphatic heterocycles. The van der Waals surface area contributed by atoms with Crippen LogP contribution in [0.3, 0.4) is 0 Å². The molecule has 0 aromatic heterocycles. The summed E-state index contributed by atoms with van der Waals surface area (Å²) in [4.78, 5) is 10.9. The van der Waals surface area contributed by atoms with Crippen LogP contribution < -0.4 is 4.74 Å². The standard InChI is InChI=1S/C16H22O3/c1-16(8-4-3-5-9-16)13-10-12(11-15(17)18)6-7-14(13)19-2/h6-7,10H,3-5,8-9,11H2,1-2H3,(H,17,18). The molecular weight excluding hydrogens is 240 g/mol. The number of hydrogen-bond acceptors (Lipinski definition) is 2. The number of carboxylic acid groups (broad SMARTS) is 1. The van der Waals surface area contributed by atoms with Gasteiger partial charge in [0.25, 0.3) is 0 Å².